The fourth-order valence-electron chi connectivity index (χ4n) is 3.09. The third kappa shape index (κ3) is 2.45. The molecule has 10 heteroatoms. The van der Waals surface area contributed by atoms with E-state index in [9.17, 15) is 14.7 Å². The first-order valence-corrected chi connectivity index (χ1v) is 7.17. The number of anilines is 1. The zero-order valence-corrected chi connectivity index (χ0v) is 12.8. The zero-order chi connectivity index (χ0) is 16.9. The Hall–Kier alpha value is -2.46. The predicted molar refractivity (Wildman–Crippen MR) is 78.8 cm³/mol. The van der Waals surface area contributed by atoms with Gasteiger partial charge in [-0.25, -0.2) is 4.57 Å². The van der Waals surface area contributed by atoms with Gasteiger partial charge in [0.05, 0.1) is 13.2 Å². The average Bonchev–Trinajstić information content (AvgIpc) is 2.90. The number of nitrogen functional groups attached to an aromatic ring is 1. The number of ether oxygens (including phenoxy) is 1. The van der Waals surface area contributed by atoms with Gasteiger partial charge in [-0.05, 0) is 6.92 Å². The van der Waals surface area contributed by atoms with Gasteiger partial charge in [0.1, 0.15) is 6.10 Å². The van der Waals surface area contributed by atoms with Gasteiger partial charge in [0.15, 0.2) is 6.33 Å². The number of rotatable bonds is 3. The van der Waals surface area contributed by atoms with E-state index in [1.54, 1.807) is 29.4 Å². The molecular formula is C13H19N6O4+. The van der Waals surface area contributed by atoms with Crippen LogP contribution in [0.4, 0.5) is 5.95 Å². The summed E-state index contributed by atoms with van der Waals surface area (Å²) in [5.74, 6) is -0.969. The number of nitrogens with zero attached hydrogens (tertiary/aromatic N) is 3. The van der Waals surface area contributed by atoms with Gasteiger partial charge < -0.3 is 21.3 Å². The van der Waals surface area contributed by atoms with Crippen LogP contribution in [-0.4, -0.2) is 37.8 Å². The maximum atomic E-state index is 12.0. The van der Waals surface area contributed by atoms with Crippen LogP contribution in [0, 0.1) is 5.92 Å². The number of imidazole rings is 1. The van der Waals surface area contributed by atoms with Crippen LogP contribution in [0.15, 0.2) is 11.1 Å². The largest absolute Gasteiger partial charge is 0.386 e. The number of primary amides is 1. The Balaban J connectivity index is 2.08. The number of aryl methyl sites for hydroxylation is 1. The van der Waals surface area contributed by atoms with Crippen molar-refractivity contribution in [3.63, 3.8) is 0 Å². The van der Waals surface area contributed by atoms with Gasteiger partial charge in [-0.1, -0.05) is 4.98 Å². The van der Waals surface area contributed by atoms with Crippen molar-refractivity contribution in [1.29, 1.82) is 0 Å². The number of nitrogens with one attached hydrogen (secondary N) is 1. The van der Waals surface area contributed by atoms with Crippen LogP contribution in [0.2, 0.25) is 0 Å². The maximum Gasteiger partial charge on any atom is 0.313 e. The Kier molecular flexibility index (Phi) is 3.57. The van der Waals surface area contributed by atoms with Crippen LogP contribution >= 0.6 is 0 Å². The number of hydrogen-bond donors (Lipinski definition) is 4. The molecule has 4 atom stereocenters. The molecule has 1 unspecified atom stereocenters. The lowest BCUT2D eigenvalue weighted by atomic mass is 9.95. The van der Waals surface area contributed by atoms with Crippen LogP contribution in [0.5, 0.6) is 0 Å². The minimum absolute atomic E-state index is 0.0142. The number of aromatic amines is 1. The summed E-state index contributed by atoms with van der Waals surface area (Å²) in [6.45, 7) is 1.76. The Labute approximate surface area is 130 Å². The van der Waals surface area contributed by atoms with Crippen LogP contribution < -0.4 is 21.6 Å². The Morgan fingerprint density at radius 2 is 2.30 bits per heavy atom. The highest BCUT2D eigenvalue weighted by atomic mass is 16.5. The molecule has 10 nitrogen and oxygen atoms in total. The number of hydrogen-bond acceptors (Lipinski definition) is 6. The monoisotopic (exact) mass is 323 g/mol. The van der Waals surface area contributed by atoms with Crippen molar-refractivity contribution < 1.29 is 19.2 Å². The van der Waals surface area contributed by atoms with Crippen LogP contribution in [0.1, 0.15) is 19.6 Å². The van der Waals surface area contributed by atoms with Crippen LogP contribution in [0.25, 0.3) is 11.2 Å². The van der Waals surface area contributed by atoms with Crippen molar-refractivity contribution in [1.82, 2.24) is 14.5 Å². The van der Waals surface area contributed by atoms with E-state index in [4.69, 9.17) is 16.2 Å². The predicted octanol–water partition coefficient (Wildman–Crippen LogP) is -2.10. The molecule has 6 N–H and O–H groups in total. The van der Waals surface area contributed by atoms with E-state index in [1.807, 2.05) is 0 Å². The highest BCUT2D eigenvalue weighted by Gasteiger charge is 2.46. The quantitative estimate of drug-likeness (QED) is 0.475. The topological polar surface area (TPSA) is 153 Å². The molecule has 23 heavy (non-hydrogen) atoms. The summed E-state index contributed by atoms with van der Waals surface area (Å²) >= 11 is 0. The highest BCUT2D eigenvalue weighted by molar-refractivity contribution is 5.74. The second kappa shape index (κ2) is 5.32. The van der Waals surface area contributed by atoms with Crippen molar-refractivity contribution in [2.75, 3.05) is 5.73 Å². The Bertz CT molecular complexity index is 828. The summed E-state index contributed by atoms with van der Waals surface area (Å²) in [5, 5.41) is 10.5. The third-order valence-electron chi connectivity index (χ3n) is 4.19. The molecule has 0 aliphatic carbocycles. The number of nitrogens with two attached hydrogens (primary N) is 2. The fourth-order valence-corrected chi connectivity index (χ4v) is 3.09. The number of carbonyl (C=O) groups excluding carboxylic acids is 1. The molecule has 1 aliphatic heterocycles. The average molecular weight is 323 g/mol. The third-order valence-corrected chi connectivity index (χ3v) is 4.19. The number of amides is 1. The number of fused-ring (bicyclic) bond motifs is 1. The van der Waals surface area contributed by atoms with Gasteiger partial charge in [0.25, 0.3) is 11.5 Å². The Morgan fingerprint density at radius 3 is 2.96 bits per heavy atom. The molecule has 0 spiro atoms. The summed E-state index contributed by atoms with van der Waals surface area (Å²) in [4.78, 5) is 29.7. The van der Waals surface area contributed by atoms with E-state index >= 15 is 0 Å². The molecule has 0 bridgehead atoms. The first-order chi connectivity index (χ1) is 10.8. The second-order valence-electron chi connectivity index (χ2n) is 5.81. The number of carbonyl (C=O) groups is 1. The molecular weight excluding hydrogens is 304 g/mol. The van der Waals surface area contributed by atoms with Gasteiger partial charge in [0.2, 0.25) is 17.7 Å². The van der Waals surface area contributed by atoms with Crippen LogP contribution in [0.3, 0.4) is 0 Å². The molecule has 124 valence electrons. The van der Waals surface area contributed by atoms with Crippen molar-refractivity contribution in [3.05, 3.63) is 16.7 Å². The van der Waals surface area contributed by atoms with Gasteiger partial charge in [-0.2, -0.15) is 0 Å². The molecule has 3 rings (SSSR count). The summed E-state index contributed by atoms with van der Waals surface area (Å²) in [5.41, 5.74) is 11.0. The molecule has 0 aromatic carbocycles. The first-order valence-electron chi connectivity index (χ1n) is 7.17. The van der Waals surface area contributed by atoms with Crippen molar-refractivity contribution >= 4 is 23.0 Å². The summed E-state index contributed by atoms with van der Waals surface area (Å²) in [6, 6.07) is 0. The van der Waals surface area contributed by atoms with E-state index in [0.717, 1.165) is 0 Å². The first kappa shape index (κ1) is 15.4. The van der Waals surface area contributed by atoms with Gasteiger partial charge in [0, 0.05) is 12.3 Å². The lowest BCUT2D eigenvalue weighted by Gasteiger charge is -2.15. The SMILES string of the molecule is C[C@H]1OC([n+]2cn(C)c3c(=O)[nH]c(N)nc32)[C@H](O)[C@@H]1CC(N)=O. The summed E-state index contributed by atoms with van der Waals surface area (Å²) in [7, 11) is 1.68. The lowest BCUT2D eigenvalue weighted by molar-refractivity contribution is -0.745. The number of aliphatic hydroxyl groups is 1. The Morgan fingerprint density at radius 1 is 1.61 bits per heavy atom. The van der Waals surface area contributed by atoms with Gasteiger partial charge >= 0.3 is 5.65 Å². The number of aliphatic hydroxyl groups excluding tert-OH is 1. The lowest BCUT2D eigenvalue weighted by Crippen LogP contribution is -2.45. The number of H-pyrrole nitrogens is 1. The molecule has 3 heterocycles. The van der Waals surface area contributed by atoms with Crippen molar-refractivity contribution in [2.24, 2.45) is 18.7 Å². The van der Waals surface area contributed by atoms with E-state index in [-0.39, 0.29) is 24.0 Å². The molecule has 2 aromatic heterocycles. The minimum Gasteiger partial charge on any atom is -0.386 e. The molecule has 1 amide bonds. The molecule has 1 fully saturated rings. The molecule has 0 saturated carbocycles. The highest BCUT2D eigenvalue weighted by Crippen LogP contribution is 2.33. The fraction of sp³-hybridized carbons (Fsp3) is 0.538. The summed E-state index contributed by atoms with van der Waals surface area (Å²) in [6.07, 6.45) is -0.508. The van der Waals surface area contributed by atoms with E-state index in [2.05, 4.69) is 9.97 Å². The summed E-state index contributed by atoms with van der Waals surface area (Å²) < 4.78 is 8.89. The van der Waals surface area contributed by atoms with Crippen molar-refractivity contribution in [3.8, 4) is 0 Å². The minimum atomic E-state index is -0.963. The molecule has 2 aromatic rings. The molecule has 1 saturated heterocycles. The standard InChI is InChI=1S/C13H18N6O4/c1-5-6(3-7(14)20)9(21)12(23-5)19-4-18(2)8-10(19)16-13(15)17-11(8)22/h4-6,9,12,21H,3H2,1-2H3,(H4-,14,15,16,17,20,22)/p+1/t5-,6-,9-,12?/m1/s1. The normalized spacial score (nSPS) is 27.6. The number of aromatic nitrogens is 4. The zero-order valence-electron chi connectivity index (χ0n) is 12.8. The maximum absolute atomic E-state index is 12.0. The second-order valence-corrected chi connectivity index (χ2v) is 5.81. The van der Waals surface area contributed by atoms with Gasteiger partial charge in [-0.3, -0.25) is 19.1 Å². The van der Waals surface area contributed by atoms with E-state index in [1.165, 1.54) is 0 Å². The van der Waals surface area contributed by atoms with Crippen molar-refractivity contribution in [2.45, 2.75) is 31.8 Å². The molecule has 0 radical (unpaired) electrons. The smallest absolute Gasteiger partial charge is 0.313 e. The van der Waals surface area contributed by atoms with Gasteiger partial charge in [-0.15, -0.1) is 0 Å². The van der Waals surface area contributed by atoms with Crippen LogP contribution in [-0.2, 0) is 16.6 Å². The van der Waals surface area contributed by atoms with E-state index in [0.29, 0.717) is 11.2 Å². The molecule has 1 aliphatic rings. The van der Waals surface area contributed by atoms with E-state index < -0.39 is 24.2 Å².